The van der Waals surface area contributed by atoms with Crippen molar-refractivity contribution < 1.29 is 9.90 Å². The van der Waals surface area contributed by atoms with Gasteiger partial charge in [0.15, 0.2) is 0 Å². The zero-order valence-corrected chi connectivity index (χ0v) is 5.72. The topological polar surface area (TPSA) is 61.1 Å². The van der Waals surface area contributed by atoms with Crippen LogP contribution in [-0.4, -0.2) is 17.5 Å². The highest BCUT2D eigenvalue weighted by atomic mass is 16.2. The van der Waals surface area contributed by atoms with Crippen LogP contribution < -0.4 is 0 Å². The molecule has 0 unspecified atom stereocenters. The first-order valence-electron chi connectivity index (χ1n) is 2.66. The third-order valence-electron chi connectivity index (χ3n) is 0.328. The maximum atomic E-state index is 9.82. The van der Waals surface area contributed by atoms with Crippen LogP contribution in [0.3, 0.4) is 0 Å². The van der Waals surface area contributed by atoms with Gasteiger partial charge in [0.1, 0.15) is 5.78 Å². The zero-order chi connectivity index (χ0) is 7.70. The number of hydrogen-bond acceptors (Lipinski definition) is 3. The lowest BCUT2D eigenvalue weighted by molar-refractivity contribution is -0.116. The number of rotatable bonds is 1. The maximum absolute atomic E-state index is 9.82. The van der Waals surface area contributed by atoms with E-state index in [2.05, 4.69) is 0 Å². The Bertz CT molecular complexity index is 104. The summed E-state index contributed by atoms with van der Waals surface area (Å²) < 4.78 is 0. The Morgan fingerprint density at radius 1 is 1.78 bits per heavy atom. The van der Waals surface area contributed by atoms with Crippen LogP contribution in [0.4, 0.5) is 0 Å². The van der Waals surface area contributed by atoms with Gasteiger partial charge in [0.05, 0.1) is 12.5 Å². The van der Waals surface area contributed by atoms with Crippen molar-refractivity contribution in [3.05, 3.63) is 0 Å². The van der Waals surface area contributed by atoms with E-state index in [9.17, 15) is 4.79 Å². The predicted octanol–water partition coefficient (Wildman–Crippen LogP) is 0.488. The fraction of sp³-hybridized carbons (Fsp3) is 0.667. The second-order valence-corrected chi connectivity index (χ2v) is 1.35. The van der Waals surface area contributed by atoms with Gasteiger partial charge in [-0.1, -0.05) is 0 Å². The number of carbonyl (C=O) groups excluding carboxylic acids is 1. The van der Waals surface area contributed by atoms with Crippen molar-refractivity contribution in [2.75, 3.05) is 6.61 Å². The monoisotopic (exact) mass is 129 g/mol. The van der Waals surface area contributed by atoms with E-state index in [1.165, 1.54) is 6.92 Å². The highest BCUT2D eigenvalue weighted by Gasteiger charge is 1.83. The number of hydrogen-bond donors (Lipinski definition) is 1. The van der Waals surface area contributed by atoms with E-state index in [-0.39, 0.29) is 18.8 Å². The van der Waals surface area contributed by atoms with Crippen LogP contribution >= 0.6 is 0 Å². The Labute approximate surface area is 54.9 Å². The van der Waals surface area contributed by atoms with Gasteiger partial charge >= 0.3 is 0 Å². The molecule has 0 bridgehead atoms. The molecule has 0 radical (unpaired) electrons. The average Bonchev–Trinajstić information content (AvgIpc) is 1.67. The summed E-state index contributed by atoms with van der Waals surface area (Å²) in [6.45, 7) is 3.32. The molecule has 0 rings (SSSR count). The summed E-state index contributed by atoms with van der Waals surface area (Å²) in [7, 11) is 0. The molecule has 0 saturated heterocycles. The van der Waals surface area contributed by atoms with Gasteiger partial charge in [0, 0.05) is 6.61 Å². The van der Waals surface area contributed by atoms with Crippen molar-refractivity contribution in [1.82, 2.24) is 0 Å². The maximum Gasteiger partial charge on any atom is 0.143 e. The Kier molecular flexibility index (Phi) is 12.4. The Morgan fingerprint density at radius 3 is 2.11 bits per heavy atom. The van der Waals surface area contributed by atoms with Gasteiger partial charge < -0.3 is 5.11 Å². The zero-order valence-electron chi connectivity index (χ0n) is 5.72. The molecular weight excluding hydrogens is 118 g/mol. The van der Waals surface area contributed by atoms with E-state index < -0.39 is 0 Å². The molecular formula is C6H11NO2. The number of nitrogens with zero attached hydrogens (tertiary/aromatic N) is 1. The van der Waals surface area contributed by atoms with E-state index >= 15 is 0 Å². The summed E-state index contributed by atoms with van der Waals surface area (Å²) in [6.07, 6.45) is 0.0417. The molecule has 0 amide bonds. The number of carbonyl (C=O) groups is 1. The van der Waals surface area contributed by atoms with Crippen molar-refractivity contribution in [3.63, 3.8) is 0 Å². The molecule has 52 valence electrons. The molecule has 0 aromatic carbocycles. The molecule has 0 aromatic rings. The first-order chi connectivity index (χ1) is 4.18. The average molecular weight is 129 g/mol. The first kappa shape index (κ1) is 11.0. The van der Waals surface area contributed by atoms with Gasteiger partial charge in [-0.25, -0.2) is 0 Å². The second-order valence-electron chi connectivity index (χ2n) is 1.35. The largest absolute Gasteiger partial charge is 0.397 e. The Morgan fingerprint density at radius 2 is 2.11 bits per heavy atom. The molecule has 0 aliphatic carbocycles. The molecule has 0 aromatic heterocycles. The van der Waals surface area contributed by atoms with Crippen molar-refractivity contribution in [2.24, 2.45) is 0 Å². The van der Waals surface area contributed by atoms with Crippen molar-refractivity contribution >= 4 is 5.78 Å². The number of aliphatic hydroxyl groups is 1. The van der Waals surface area contributed by atoms with Crippen molar-refractivity contribution in [2.45, 2.75) is 20.3 Å². The number of Topliss-reactive ketones (excluding diaryl/α,β-unsaturated/α-hetero) is 1. The number of aliphatic hydroxyl groups excluding tert-OH is 1. The summed E-state index contributed by atoms with van der Waals surface area (Å²) in [6, 6.07) is 1.72. The van der Waals surface area contributed by atoms with Gasteiger partial charge in [-0.3, -0.25) is 4.79 Å². The van der Waals surface area contributed by atoms with Gasteiger partial charge in [-0.2, -0.15) is 5.26 Å². The van der Waals surface area contributed by atoms with Crippen LogP contribution in [0.15, 0.2) is 0 Å². The molecule has 3 heteroatoms. The molecule has 0 spiro atoms. The molecule has 0 aliphatic rings. The molecule has 0 aliphatic heterocycles. The molecule has 0 heterocycles. The summed E-state index contributed by atoms with van der Waals surface area (Å²) in [5.41, 5.74) is 0. The highest BCUT2D eigenvalue weighted by molar-refractivity contribution is 5.77. The van der Waals surface area contributed by atoms with Crippen LogP contribution in [0.25, 0.3) is 0 Å². The van der Waals surface area contributed by atoms with E-state index in [0.717, 1.165) is 0 Å². The van der Waals surface area contributed by atoms with Gasteiger partial charge in [-0.05, 0) is 13.8 Å². The molecule has 1 N–H and O–H groups in total. The van der Waals surface area contributed by atoms with Crippen molar-refractivity contribution in [3.8, 4) is 6.07 Å². The third kappa shape index (κ3) is 41.5. The molecule has 9 heavy (non-hydrogen) atoms. The summed E-state index contributed by atoms with van der Waals surface area (Å²) in [4.78, 5) is 9.82. The number of nitriles is 1. The SMILES string of the molecule is CC(=O)CC#N.CCO. The van der Waals surface area contributed by atoms with Gasteiger partial charge in [0.2, 0.25) is 0 Å². The minimum Gasteiger partial charge on any atom is -0.397 e. The fourth-order valence-electron chi connectivity index (χ4n) is 0.111. The Balaban J connectivity index is 0. The van der Waals surface area contributed by atoms with E-state index in [1.807, 2.05) is 0 Å². The quantitative estimate of drug-likeness (QED) is 0.560. The van der Waals surface area contributed by atoms with Crippen LogP contribution in [0.2, 0.25) is 0 Å². The summed E-state index contributed by atoms with van der Waals surface area (Å²) in [5, 5.41) is 15.3. The van der Waals surface area contributed by atoms with E-state index in [0.29, 0.717) is 0 Å². The second kappa shape index (κ2) is 10.2. The lowest BCUT2D eigenvalue weighted by Gasteiger charge is -1.69. The molecule has 0 fully saturated rings. The minimum atomic E-state index is -0.0718. The first-order valence-corrected chi connectivity index (χ1v) is 2.66. The molecule has 0 saturated carbocycles. The van der Waals surface area contributed by atoms with E-state index in [4.69, 9.17) is 10.4 Å². The predicted molar refractivity (Wildman–Crippen MR) is 33.7 cm³/mol. The smallest absolute Gasteiger partial charge is 0.143 e. The van der Waals surface area contributed by atoms with Gasteiger partial charge in [-0.15, -0.1) is 0 Å². The normalized spacial score (nSPS) is 6.44. The van der Waals surface area contributed by atoms with Crippen molar-refractivity contribution in [1.29, 1.82) is 5.26 Å². The lowest BCUT2D eigenvalue weighted by Crippen LogP contribution is -1.82. The molecule has 0 atom stereocenters. The highest BCUT2D eigenvalue weighted by Crippen LogP contribution is 1.72. The van der Waals surface area contributed by atoms with Crippen LogP contribution in [-0.2, 0) is 4.79 Å². The van der Waals surface area contributed by atoms with Crippen LogP contribution in [0, 0.1) is 11.3 Å². The summed E-state index contributed by atoms with van der Waals surface area (Å²) >= 11 is 0. The fourth-order valence-corrected chi connectivity index (χ4v) is 0.111. The summed E-state index contributed by atoms with van der Waals surface area (Å²) in [5.74, 6) is -0.0718. The van der Waals surface area contributed by atoms with E-state index in [1.54, 1.807) is 13.0 Å². The third-order valence-corrected chi connectivity index (χ3v) is 0.328. The standard InChI is InChI=1S/C4H5NO.C2H6O/c1-4(6)2-3-5;1-2-3/h2H2,1H3;3H,2H2,1H3. The number of ketones is 1. The minimum absolute atomic E-state index is 0.0417. The molecule has 3 nitrogen and oxygen atoms in total. The lowest BCUT2D eigenvalue weighted by atomic mass is 10.3. The van der Waals surface area contributed by atoms with Crippen LogP contribution in [0.5, 0.6) is 0 Å². The Hall–Kier alpha value is -0.880. The van der Waals surface area contributed by atoms with Crippen LogP contribution in [0.1, 0.15) is 20.3 Å². The van der Waals surface area contributed by atoms with Gasteiger partial charge in [0.25, 0.3) is 0 Å².